The molecule has 9 heteroatoms. The molecule has 1 amide bonds. The normalized spacial score (nSPS) is 21.8. The summed E-state index contributed by atoms with van der Waals surface area (Å²) in [5.41, 5.74) is 4.63. The van der Waals surface area contributed by atoms with Gasteiger partial charge < -0.3 is 29.2 Å². The van der Waals surface area contributed by atoms with E-state index in [2.05, 4.69) is 83.5 Å². The van der Waals surface area contributed by atoms with Crippen LogP contribution in [0.3, 0.4) is 0 Å². The van der Waals surface area contributed by atoms with E-state index in [4.69, 9.17) is 21.3 Å². The summed E-state index contributed by atoms with van der Waals surface area (Å²) in [6.07, 6.45) is 6.88. The lowest BCUT2D eigenvalue weighted by molar-refractivity contribution is -0.128. The Morgan fingerprint density at radius 3 is 2.73 bits per heavy atom. The Hall–Kier alpha value is -4.16. The molecule has 2 fully saturated rings. The van der Waals surface area contributed by atoms with Gasteiger partial charge in [-0.25, -0.2) is 6.57 Å². The van der Waals surface area contributed by atoms with Gasteiger partial charge in [0, 0.05) is 48.9 Å². The van der Waals surface area contributed by atoms with Crippen LogP contribution in [0.1, 0.15) is 42.5 Å². The van der Waals surface area contributed by atoms with Crippen molar-refractivity contribution in [2.75, 3.05) is 63.2 Å². The van der Waals surface area contributed by atoms with Crippen LogP contribution in [-0.4, -0.2) is 91.2 Å². The van der Waals surface area contributed by atoms with Gasteiger partial charge in [0.1, 0.15) is 11.9 Å². The number of hydrogen-bond acceptors (Lipinski definition) is 7. The predicted molar refractivity (Wildman–Crippen MR) is 180 cm³/mol. The number of benzene rings is 2. The first-order chi connectivity index (χ1) is 21.9. The van der Waals surface area contributed by atoms with Crippen LogP contribution in [0, 0.1) is 19.4 Å². The van der Waals surface area contributed by atoms with Gasteiger partial charge in [0.2, 0.25) is 12.5 Å². The minimum atomic E-state index is -0.222. The Morgan fingerprint density at radius 1 is 1.13 bits per heavy atom. The number of carbonyl (C=O) groups excluding carboxylic acids is 1. The summed E-state index contributed by atoms with van der Waals surface area (Å²) in [4.78, 5) is 35.2. The molecule has 1 saturated carbocycles. The van der Waals surface area contributed by atoms with Gasteiger partial charge in [0.15, 0.2) is 0 Å². The number of fused-ring (bicyclic) bond motifs is 2. The molecule has 1 aromatic heterocycles. The minimum absolute atomic E-state index is 0.124. The lowest BCUT2D eigenvalue weighted by atomic mass is 9.86. The van der Waals surface area contributed by atoms with E-state index >= 15 is 0 Å². The first kappa shape index (κ1) is 30.8. The van der Waals surface area contributed by atoms with Gasteiger partial charge in [-0.05, 0) is 75.7 Å². The molecule has 2 aromatic carbocycles. The third-order valence-corrected chi connectivity index (χ3v) is 9.93. The van der Waals surface area contributed by atoms with Gasteiger partial charge in [0.05, 0.1) is 18.8 Å². The molecule has 3 heterocycles. The molecule has 0 spiro atoms. The van der Waals surface area contributed by atoms with Crippen molar-refractivity contribution in [1.29, 1.82) is 0 Å². The molecule has 3 aliphatic rings. The number of anilines is 2. The molecule has 236 valence electrons. The maximum atomic E-state index is 12.6. The lowest BCUT2D eigenvalue weighted by Gasteiger charge is -2.41. The second-order valence-corrected chi connectivity index (χ2v) is 13.0. The van der Waals surface area contributed by atoms with E-state index in [1.165, 1.54) is 40.9 Å². The summed E-state index contributed by atoms with van der Waals surface area (Å²) in [5, 5.41) is 2.53. The fourth-order valence-electron chi connectivity index (χ4n) is 7.48. The quantitative estimate of drug-likeness (QED) is 0.260. The van der Waals surface area contributed by atoms with E-state index in [9.17, 15) is 4.79 Å². The topological polar surface area (TPSA) is 69.4 Å². The van der Waals surface area contributed by atoms with Crippen molar-refractivity contribution in [3.8, 4) is 6.01 Å². The first-order valence-corrected chi connectivity index (χ1v) is 16.3. The fraction of sp³-hybridized carbons (Fsp3) is 0.500. The van der Waals surface area contributed by atoms with E-state index in [1.807, 2.05) is 0 Å². The number of amides is 1. The van der Waals surface area contributed by atoms with Crippen LogP contribution in [-0.2, 0) is 17.8 Å². The van der Waals surface area contributed by atoms with Crippen LogP contribution < -0.4 is 14.5 Å². The summed E-state index contributed by atoms with van der Waals surface area (Å²) in [7, 11) is 4.33. The van der Waals surface area contributed by atoms with Crippen LogP contribution >= 0.6 is 0 Å². The second-order valence-electron chi connectivity index (χ2n) is 13.0. The molecular weight excluding hydrogens is 562 g/mol. The van der Waals surface area contributed by atoms with Gasteiger partial charge in [-0.2, -0.15) is 9.97 Å². The Morgan fingerprint density at radius 2 is 1.96 bits per heavy atom. The average Bonchev–Trinajstić information content (AvgIpc) is 3.06. The van der Waals surface area contributed by atoms with Gasteiger partial charge in [-0.3, -0.25) is 4.79 Å². The molecule has 3 atom stereocenters. The Bertz CT molecular complexity index is 1590. The monoisotopic (exact) mass is 607 g/mol. The van der Waals surface area contributed by atoms with Gasteiger partial charge in [0.25, 0.3) is 0 Å². The molecular formula is C36H45N7O2. The molecule has 9 nitrogen and oxygen atoms in total. The summed E-state index contributed by atoms with van der Waals surface area (Å²) in [5.74, 6) is 1.24. The molecule has 6 rings (SSSR count). The number of aromatic nitrogens is 2. The van der Waals surface area contributed by atoms with Crippen LogP contribution in [0.2, 0.25) is 0 Å². The number of ether oxygens (including phenoxy) is 1. The van der Waals surface area contributed by atoms with Crippen molar-refractivity contribution in [2.45, 2.75) is 57.7 Å². The summed E-state index contributed by atoms with van der Waals surface area (Å²) in [6, 6.07) is 13.8. The van der Waals surface area contributed by atoms with Crippen LogP contribution in [0.15, 0.2) is 49.1 Å². The van der Waals surface area contributed by atoms with Gasteiger partial charge in [-0.1, -0.05) is 43.3 Å². The summed E-state index contributed by atoms with van der Waals surface area (Å²) >= 11 is 0. The second kappa shape index (κ2) is 13.5. The van der Waals surface area contributed by atoms with Crippen molar-refractivity contribution < 1.29 is 9.53 Å². The lowest BCUT2D eigenvalue weighted by Crippen LogP contribution is -2.56. The highest BCUT2D eigenvalue weighted by Crippen LogP contribution is 2.36. The number of piperazine rings is 1. The van der Waals surface area contributed by atoms with E-state index in [0.29, 0.717) is 50.8 Å². The third-order valence-electron chi connectivity index (χ3n) is 9.93. The molecule has 0 bridgehead atoms. The molecule has 0 radical (unpaired) electrons. The van der Waals surface area contributed by atoms with Gasteiger partial charge in [-0.15, -0.1) is 0 Å². The number of aryl methyl sites for hydroxylation is 1. The van der Waals surface area contributed by atoms with Crippen molar-refractivity contribution in [1.82, 2.24) is 19.8 Å². The highest BCUT2D eigenvalue weighted by Gasteiger charge is 2.35. The predicted octanol–water partition coefficient (Wildman–Crippen LogP) is 5.12. The first-order valence-electron chi connectivity index (χ1n) is 16.3. The molecule has 2 aliphatic heterocycles. The van der Waals surface area contributed by atoms with E-state index in [-0.39, 0.29) is 18.5 Å². The van der Waals surface area contributed by atoms with Crippen LogP contribution in [0.5, 0.6) is 6.01 Å². The van der Waals surface area contributed by atoms with Crippen molar-refractivity contribution in [3.05, 3.63) is 77.3 Å². The van der Waals surface area contributed by atoms with Gasteiger partial charge >= 0.3 is 6.01 Å². The molecule has 3 aromatic rings. The number of carbonyl (C=O) groups is 1. The van der Waals surface area contributed by atoms with E-state index in [1.54, 1.807) is 4.90 Å². The van der Waals surface area contributed by atoms with Crippen LogP contribution in [0.4, 0.5) is 11.5 Å². The standard InChI is InChI=1S/C36H45N7O2/c1-6-33(44)43-19-18-42(22-29(43)21-37-3)35-30-16-17-41(32-15-9-13-27-12-7-10-25(2)34(27)32)23-31(30)38-36(39-35)45-24-26-11-8-14-28(20-26)40(4)5/h6-7,9-10,12-13,15,26,28-29H,1,8,11,14,16-24H2,2,4-5H3. The number of rotatable bonds is 8. The third kappa shape index (κ3) is 6.48. The van der Waals surface area contributed by atoms with E-state index < -0.39 is 0 Å². The maximum absolute atomic E-state index is 12.6. The zero-order valence-electron chi connectivity index (χ0n) is 26.9. The zero-order chi connectivity index (χ0) is 31.5. The number of hydrogen-bond donors (Lipinski definition) is 0. The minimum Gasteiger partial charge on any atom is -0.463 e. The molecule has 45 heavy (non-hydrogen) atoms. The number of nitrogens with zero attached hydrogens (tertiary/aromatic N) is 7. The highest BCUT2D eigenvalue weighted by molar-refractivity contribution is 5.97. The largest absolute Gasteiger partial charge is 0.463 e. The molecule has 1 aliphatic carbocycles. The van der Waals surface area contributed by atoms with Crippen molar-refractivity contribution in [2.24, 2.45) is 5.92 Å². The smallest absolute Gasteiger partial charge is 0.318 e. The summed E-state index contributed by atoms with van der Waals surface area (Å²) in [6.45, 7) is 17.5. The average molecular weight is 608 g/mol. The molecule has 3 unspecified atom stereocenters. The Balaban J connectivity index is 1.32. The fourth-order valence-corrected chi connectivity index (χ4v) is 7.48. The van der Waals surface area contributed by atoms with E-state index in [0.717, 1.165) is 42.9 Å². The summed E-state index contributed by atoms with van der Waals surface area (Å²) < 4.78 is 6.44. The molecule has 0 N–H and O–H groups in total. The van der Waals surface area contributed by atoms with Crippen molar-refractivity contribution >= 4 is 28.2 Å². The van der Waals surface area contributed by atoms with Crippen molar-refractivity contribution in [3.63, 3.8) is 0 Å². The maximum Gasteiger partial charge on any atom is 0.318 e. The molecule has 1 saturated heterocycles. The SMILES string of the molecule is [C-]#[N+]CC1CN(c2nc(OCC3CCCC(N(C)C)C3)nc3c2CCN(c2cccc4cccc(C)c24)C3)CCN1C(=O)C=C. The zero-order valence-corrected chi connectivity index (χ0v) is 26.9. The highest BCUT2D eigenvalue weighted by atomic mass is 16.5. The Labute approximate surface area is 267 Å². The van der Waals surface area contributed by atoms with Crippen LogP contribution in [0.25, 0.3) is 15.6 Å². The Kier molecular flexibility index (Phi) is 9.22.